The third kappa shape index (κ3) is 8.19. The first-order chi connectivity index (χ1) is 23.1. The van der Waals surface area contributed by atoms with Gasteiger partial charge in [-0.05, 0) is 97.4 Å². The maximum absolute atomic E-state index is 13.4. The highest BCUT2D eigenvalue weighted by atomic mass is 35.5. The van der Waals surface area contributed by atoms with Crippen molar-refractivity contribution >= 4 is 63.8 Å². The first-order valence-electron chi connectivity index (χ1n) is 16.8. The van der Waals surface area contributed by atoms with Crippen LogP contribution in [0.3, 0.4) is 0 Å². The SMILES string of the molecule is CC(=O)C1=CC=CCC1(C)CC[C@@H](SCC1(CC(=O)N(C)c2ccccc2)CC1)c1cccc(/C=C/c2ccc3ccc(Cl)cc3n2)c1. The summed E-state index contributed by atoms with van der Waals surface area (Å²) in [5.41, 5.74) is 5.84. The summed E-state index contributed by atoms with van der Waals surface area (Å²) in [6.45, 7) is 3.92. The molecule has 48 heavy (non-hydrogen) atoms. The number of nitrogens with zero attached hydrogens (tertiary/aromatic N) is 2. The monoisotopic (exact) mass is 674 g/mol. The zero-order valence-corrected chi connectivity index (χ0v) is 29.6. The molecule has 0 radical (unpaired) electrons. The van der Waals surface area contributed by atoms with Crippen molar-refractivity contribution in [3.63, 3.8) is 0 Å². The topological polar surface area (TPSA) is 50.3 Å². The molecule has 6 rings (SSSR count). The highest BCUT2D eigenvalue weighted by molar-refractivity contribution is 7.99. The van der Waals surface area contributed by atoms with E-state index in [-0.39, 0.29) is 27.8 Å². The van der Waals surface area contributed by atoms with Crippen LogP contribution in [-0.2, 0) is 9.59 Å². The number of fused-ring (bicyclic) bond motifs is 1. The van der Waals surface area contributed by atoms with Crippen molar-refractivity contribution in [2.75, 3.05) is 17.7 Å². The predicted molar refractivity (Wildman–Crippen MR) is 203 cm³/mol. The molecule has 2 atom stereocenters. The van der Waals surface area contributed by atoms with Crippen LogP contribution < -0.4 is 4.90 Å². The minimum absolute atomic E-state index is 0.0348. The Kier molecular flexibility index (Phi) is 10.4. The van der Waals surface area contributed by atoms with Crippen LogP contribution in [0.4, 0.5) is 5.69 Å². The molecular weight excluding hydrogens is 632 g/mol. The van der Waals surface area contributed by atoms with Gasteiger partial charge in [-0.3, -0.25) is 9.59 Å². The highest BCUT2D eigenvalue weighted by Crippen LogP contribution is 2.54. The standard InChI is InChI=1S/C42H43ClN2O2S/c1-30(46)37-14-7-8-22-41(37,2)23-21-39(48-29-42(24-25-42)28-40(47)45(3)36-12-5-4-6-13-36)33-11-9-10-31(26-33)15-19-35-20-17-32-16-18-34(43)27-38(32)44-35/h4-20,26-27,39H,21-25,28-29H2,1-3H3/b19-15+/t39-,41?/m1/s1. The molecule has 3 aromatic carbocycles. The molecule has 1 fully saturated rings. The van der Waals surface area contributed by atoms with Crippen molar-refractivity contribution in [3.8, 4) is 0 Å². The predicted octanol–water partition coefficient (Wildman–Crippen LogP) is 10.9. The lowest BCUT2D eigenvalue weighted by molar-refractivity contribution is -0.119. The van der Waals surface area contributed by atoms with Crippen molar-refractivity contribution < 1.29 is 9.59 Å². The number of carbonyl (C=O) groups is 2. The van der Waals surface area contributed by atoms with Crippen molar-refractivity contribution in [2.24, 2.45) is 10.8 Å². The number of anilines is 1. The van der Waals surface area contributed by atoms with Crippen molar-refractivity contribution in [2.45, 2.75) is 57.6 Å². The van der Waals surface area contributed by atoms with Gasteiger partial charge < -0.3 is 4.90 Å². The van der Waals surface area contributed by atoms with Crippen LogP contribution in [0.25, 0.3) is 23.1 Å². The summed E-state index contributed by atoms with van der Waals surface area (Å²) in [5.74, 6) is 1.26. The summed E-state index contributed by atoms with van der Waals surface area (Å²) in [4.78, 5) is 32.6. The Hall–Kier alpha value is -3.93. The van der Waals surface area contributed by atoms with E-state index in [0.29, 0.717) is 11.4 Å². The van der Waals surface area contributed by atoms with Gasteiger partial charge in [0.2, 0.25) is 5.91 Å². The number of carbonyl (C=O) groups excluding carboxylic acids is 2. The Morgan fingerprint density at radius 1 is 1.00 bits per heavy atom. The van der Waals surface area contributed by atoms with E-state index in [2.05, 4.69) is 55.5 Å². The zero-order valence-electron chi connectivity index (χ0n) is 28.0. The third-order valence-corrected chi connectivity index (χ3v) is 11.9. The summed E-state index contributed by atoms with van der Waals surface area (Å²) in [6.07, 6.45) is 15.8. The Bertz CT molecular complexity index is 1890. The average molecular weight is 675 g/mol. The van der Waals surface area contributed by atoms with Gasteiger partial charge in [-0.1, -0.05) is 97.4 Å². The summed E-state index contributed by atoms with van der Waals surface area (Å²) in [5, 5.41) is 1.97. The number of aromatic nitrogens is 1. The normalized spacial score (nSPS) is 18.9. The lowest BCUT2D eigenvalue weighted by atomic mass is 9.71. The van der Waals surface area contributed by atoms with Crippen molar-refractivity contribution in [1.82, 2.24) is 4.98 Å². The van der Waals surface area contributed by atoms with Gasteiger partial charge in [0.1, 0.15) is 0 Å². The molecule has 4 nitrogen and oxygen atoms in total. The molecule has 4 aromatic rings. The molecule has 0 spiro atoms. The van der Waals surface area contributed by atoms with Gasteiger partial charge in [-0.25, -0.2) is 4.98 Å². The third-order valence-electron chi connectivity index (χ3n) is 9.95. The largest absolute Gasteiger partial charge is 0.315 e. The molecule has 0 bridgehead atoms. The highest BCUT2D eigenvalue weighted by Gasteiger charge is 2.45. The van der Waals surface area contributed by atoms with Crippen LogP contribution in [0.5, 0.6) is 0 Å². The average Bonchev–Trinajstić information content (AvgIpc) is 3.86. The van der Waals surface area contributed by atoms with Crippen LogP contribution in [0, 0.1) is 10.8 Å². The van der Waals surface area contributed by atoms with E-state index >= 15 is 0 Å². The first-order valence-corrected chi connectivity index (χ1v) is 18.2. The maximum Gasteiger partial charge on any atom is 0.227 e. The molecule has 1 heterocycles. The molecule has 1 aromatic heterocycles. The molecule has 1 saturated carbocycles. The molecule has 2 aliphatic rings. The Labute approximate surface area is 294 Å². The van der Waals surface area contributed by atoms with Gasteiger partial charge in [0.15, 0.2) is 5.78 Å². The number of amides is 1. The van der Waals surface area contributed by atoms with Gasteiger partial charge >= 0.3 is 0 Å². The molecule has 0 aliphatic heterocycles. The molecule has 2 aliphatic carbocycles. The summed E-state index contributed by atoms with van der Waals surface area (Å²) in [7, 11) is 1.88. The fourth-order valence-corrected chi connectivity index (χ4v) is 8.42. The molecule has 0 saturated heterocycles. The number of halogens is 1. The quantitative estimate of drug-likeness (QED) is 0.142. The van der Waals surface area contributed by atoms with Crippen molar-refractivity contribution in [3.05, 3.63) is 131 Å². The number of allylic oxidation sites excluding steroid dienone is 4. The summed E-state index contributed by atoms with van der Waals surface area (Å²) < 4.78 is 0. The maximum atomic E-state index is 13.4. The number of hydrogen-bond acceptors (Lipinski definition) is 4. The first kappa shape index (κ1) is 34.0. The minimum atomic E-state index is -0.187. The van der Waals surface area contributed by atoms with E-state index in [1.165, 1.54) is 5.56 Å². The van der Waals surface area contributed by atoms with E-state index in [0.717, 1.165) is 71.3 Å². The summed E-state index contributed by atoms with van der Waals surface area (Å²) >= 11 is 8.19. The fraction of sp³-hybridized carbons (Fsp3) is 0.310. The number of Topliss-reactive ketones (excluding diaryl/α,β-unsaturated/α-hetero) is 1. The van der Waals surface area contributed by atoms with E-state index in [9.17, 15) is 9.59 Å². The number of rotatable bonds is 13. The fourth-order valence-electron chi connectivity index (χ4n) is 6.68. The molecule has 1 amide bonds. The number of ketones is 1. The number of pyridine rings is 1. The second-order valence-electron chi connectivity index (χ2n) is 13.7. The van der Waals surface area contributed by atoms with E-state index in [1.54, 1.807) is 11.8 Å². The summed E-state index contributed by atoms with van der Waals surface area (Å²) in [6, 6.07) is 28.5. The van der Waals surface area contributed by atoms with E-state index in [1.807, 2.05) is 85.6 Å². The molecule has 6 heteroatoms. The number of hydrogen-bond donors (Lipinski definition) is 0. The Morgan fingerprint density at radius 2 is 1.79 bits per heavy atom. The second-order valence-corrected chi connectivity index (χ2v) is 15.3. The van der Waals surface area contributed by atoms with Crippen LogP contribution >= 0.6 is 23.4 Å². The van der Waals surface area contributed by atoms with E-state index in [4.69, 9.17) is 16.6 Å². The lowest BCUT2D eigenvalue weighted by Crippen LogP contribution is -2.29. The zero-order chi connectivity index (χ0) is 33.7. The molecule has 246 valence electrons. The number of thioether (sulfide) groups is 1. The van der Waals surface area contributed by atoms with E-state index < -0.39 is 0 Å². The van der Waals surface area contributed by atoms with Crippen LogP contribution in [0.15, 0.2) is 109 Å². The molecule has 0 N–H and O–H groups in total. The van der Waals surface area contributed by atoms with Crippen LogP contribution in [0.2, 0.25) is 5.02 Å². The van der Waals surface area contributed by atoms with Gasteiger partial charge in [-0.2, -0.15) is 11.8 Å². The minimum Gasteiger partial charge on any atom is -0.315 e. The van der Waals surface area contributed by atoms with Crippen molar-refractivity contribution in [1.29, 1.82) is 0 Å². The van der Waals surface area contributed by atoms with Crippen LogP contribution in [-0.4, -0.2) is 29.5 Å². The molecular formula is C42H43ClN2O2S. The number of benzene rings is 3. The molecule has 1 unspecified atom stereocenters. The van der Waals surface area contributed by atoms with Gasteiger partial charge in [0.25, 0.3) is 0 Å². The van der Waals surface area contributed by atoms with Gasteiger partial charge in [-0.15, -0.1) is 0 Å². The van der Waals surface area contributed by atoms with Gasteiger partial charge in [0, 0.05) is 46.1 Å². The Balaban J connectivity index is 1.20. The lowest BCUT2D eigenvalue weighted by Gasteiger charge is -2.34. The number of para-hydroxylation sites is 1. The van der Waals surface area contributed by atoms with Gasteiger partial charge in [0.05, 0.1) is 11.2 Å². The second kappa shape index (κ2) is 14.7. The Morgan fingerprint density at radius 3 is 2.56 bits per heavy atom. The smallest absolute Gasteiger partial charge is 0.227 e. The van der Waals surface area contributed by atoms with Crippen LogP contribution in [0.1, 0.15) is 74.4 Å².